The van der Waals surface area contributed by atoms with E-state index < -0.39 is 0 Å². The van der Waals surface area contributed by atoms with E-state index in [2.05, 4.69) is 31.4 Å². The molecule has 3 N–H and O–H groups in total. The lowest BCUT2D eigenvalue weighted by Gasteiger charge is -2.26. The molecule has 2 unspecified atom stereocenters. The van der Waals surface area contributed by atoms with Gasteiger partial charge in [0.15, 0.2) is 0 Å². The van der Waals surface area contributed by atoms with Crippen molar-refractivity contribution in [1.29, 1.82) is 0 Å². The van der Waals surface area contributed by atoms with E-state index in [0.29, 0.717) is 6.54 Å². The van der Waals surface area contributed by atoms with Gasteiger partial charge in [-0.2, -0.15) is 0 Å². The number of carbonyl (C=O) groups excluding carboxylic acids is 1. The second-order valence-electron chi connectivity index (χ2n) is 5.85. The SMILES string of the molecule is CC1NCCC1C(=O)NCC(C)(C)CCCO. The maximum absolute atomic E-state index is 12.0. The first kappa shape index (κ1) is 14.5. The van der Waals surface area contributed by atoms with Gasteiger partial charge in [-0.05, 0) is 38.1 Å². The fourth-order valence-electron chi connectivity index (χ4n) is 2.32. The summed E-state index contributed by atoms with van der Waals surface area (Å²) in [5, 5.41) is 15.2. The fourth-order valence-corrected chi connectivity index (χ4v) is 2.32. The summed E-state index contributed by atoms with van der Waals surface area (Å²) < 4.78 is 0. The van der Waals surface area contributed by atoms with Crippen molar-refractivity contribution < 1.29 is 9.90 Å². The van der Waals surface area contributed by atoms with E-state index in [1.807, 2.05) is 0 Å². The molecule has 1 aliphatic heterocycles. The Morgan fingerprint density at radius 1 is 1.53 bits per heavy atom. The summed E-state index contributed by atoms with van der Waals surface area (Å²) >= 11 is 0. The van der Waals surface area contributed by atoms with Gasteiger partial charge in [0.1, 0.15) is 0 Å². The van der Waals surface area contributed by atoms with Gasteiger partial charge >= 0.3 is 0 Å². The van der Waals surface area contributed by atoms with Crippen molar-refractivity contribution in [3.63, 3.8) is 0 Å². The molecule has 0 bridgehead atoms. The lowest BCUT2D eigenvalue weighted by atomic mass is 9.87. The van der Waals surface area contributed by atoms with Crippen LogP contribution in [0.25, 0.3) is 0 Å². The van der Waals surface area contributed by atoms with Crippen molar-refractivity contribution in [3.05, 3.63) is 0 Å². The second kappa shape index (κ2) is 6.36. The average Bonchev–Trinajstić information content (AvgIpc) is 2.70. The third-order valence-electron chi connectivity index (χ3n) is 3.61. The minimum atomic E-state index is 0.0632. The van der Waals surface area contributed by atoms with Crippen LogP contribution in [0.3, 0.4) is 0 Å². The van der Waals surface area contributed by atoms with E-state index in [0.717, 1.165) is 25.8 Å². The Kier molecular flexibility index (Phi) is 5.40. The van der Waals surface area contributed by atoms with E-state index >= 15 is 0 Å². The monoisotopic (exact) mass is 242 g/mol. The largest absolute Gasteiger partial charge is 0.396 e. The Labute approximate surface area is 104 Å². The predicted molar refractivity (Wildman–Crippen MR) is 68.7 cm³/mol. The van der Waals surface area contributed by atoms with Gasteiger partial charge in [0.25, 0.3) is 0 Å². The van der Waals surface area contributed by atoms with E-state index in [-0.39, 0.29) is 29.9 Å². The third-order valence-corrected chi connectivity index (χ3v) is 3.61. The van der Waals surface area contributed by atoms with Gasteiger partial charge in [-0.25, -0.2) is 0 Å². The summed E-state index contributed by atoms with van der Waals surface area (Å²) in [6, 6.07) is 0.288. The Bertz CT molecular complexity index is 254. The van der Waals surface area contributed by atoms with Gasteiger partial charge in [-0.15, -0.1) is 0 Å². The van der Waals surface area contributed by atoms with E-state index in [4.69, 9.17) is 5.11 Å². The second-order valence-corrected chi connectivity index (χ2v) is 5.85. The minimum Gasteiger partial charge on any atom is -0.396 e. The zero-order valence-corrected chi connectivity index (χ0v) is 11.3. The van der Waals surface area contributed by atoms with Crippen LogP contribution in [0.1, 0.15) is 40.0 Å². The molecule has 1 aliphatic rings. The number of aliphatic hydroxyl groups excluding tert-OH is 1. The normalized spacial score (nSPS) is 24.9. The third kappa shape index (κ3) is 4.64. The lowest BCUT2D eigenvalue weighted by Crippen LogP contribution is -2.41. The van der Waals surface area contributed by atoms with Crippen LogP contribution < -0.4 is 10.6 Å². The molecule has 4 heteroatoms. The number of rotatable bonds is 6. The maximum Gasteiger partial charge on any atom is 0.224 e. The van der Waals surface area contributed by atoms with Gasteiger partial charge in [-0.1, -0.05) is 13.8 Å². The Morgan fingerprint density at radius 3 is 2.76 bits per heavy atom. The molecular weight excluding hydrogens is 216 g/mol. The van der Waals surface area contributed by atoms with Crippen LogP contribution in [0, 0.1) is 11.3 Å². The highest BCUT2D eigenvalue weighted by atomic mass is 16.2. The molecule has 0 saturated carbocycles. The number of carbonyl (C=O) groups is 1. The molecule has 0 aromatic carbocycles. The highest BCUT2D eigenvalue weighted by Gasteiger charge is 2.30. The molecular formula is C13H26N2O2. The number of aliphatic hydroxyl groups is 1. The van der Waals surface area contributed by atoms with E-state index in [1.165, 1.54) is 0 Å². The molecule has 1 saturated heterocycles. The van der Waals surface area contributed by atoms with Crippen LogP contribution >= 0.6 is 0 Å². The van der Waals surface area contributed by atoms with Crippen LogP contribution in [0.15, 0.2) is 0 Å². The van der Waals surface area contributed by atoms with Crippen molar-refractivity contribution >= 4 is 5.91 Å². The quantitative estimate of drug-likeness (QED) is 0.648. The van der Waals surface area contributed by atoms with Crippen molar-refractivity contribution in [3.8, 4) is 0 Å². The van der Waals surface area contributed by atoms with Gasteiger partial charge in [0.2, 0.25) is 5.91 Å². The van der Waals surface area contributed by atoms with Gasteiger partial charge in [0.05, 0.1) is 5.92 Å². The first-order chi connectivity index (χ1) is 7.96. The van der Waals surface area contributed by atoms with Crippen LogP contribution in [0.5, 0.6) is 0 Å². The Morgan fingerprint density at radius 2 is 2.24 bits per heavy atom. The molecule has 100 valence electrons. The van der Waals surface area contributed by atoms with E-state index in [1.54, 1.807) is 0 Å². The van der Waals surface area contributed by atoms with Crippen LogP contribution in [0.2, 0.25) is 0 Å². The van der Waals surface area contributed by atoms with Crippen molar-refractivity contribution in [2.75, 3.05) is 19.7 Å². The lowest BCUT2D eigenvalue weighted by molar-refractivity contribution is -0.125. The summed E-state index contributed by atoms with van der Waals surface area (Å²) in [5.41, 5.74) is 0.0632. The minimum absolute atomic E-state index is 0.0632. The van der Waals surface area contributed by atoms with Gasteiger partial charge in [0, 0.05) is 19.2 Å². The molecule has 0 aromatic rings. The zero-order chi connectivity index (χ0) is 12.9. The fraction of sp³-hybridized carbons (Fsp3) is 0.923. The molecule has 1 amide bonds. The summed E-state index contributed by atoms with van der Waals surface area (Å²) in [5.74, 6) is 0.281. The first-order valence-electron chi connectivity index (χ1n) is 6.58. The molecule has 2 atom stereocenters. The van der Waals surface area contributed by atoms with E-state index in [9.17, 15) is 4.79 Å². The predicted octanol–water partition coefficient (Wildman–Crippen LogP) is 0.899. The molecule has 0 aliphatic carbocycles. The average molecular weight is 242 g/mol. The first-order valence-corrected chi connectivity index (χ1v) is 6.58. The van der Waals surface area contributed by atoms with Crippen LogP contribution in [0.4, 0.5) is 0 Å². The number of hydrogen-bond donors (Lipinski definition) is 3. The molecule has 0 radical (unpaired) electrons. The Balaban J connectivity index is 2.31. The number of hydrogen-bond acceptors (Lipinski definition) is 3. The topological polar surface area (TPSA) is 61.4 Å². The van der Waals surface area contributed by atoms with Crippen LogP contribution in [-0.4, -0.2) is 36.8 Å². The van der Waals surface area contributed by atoms with Crippen LogP contribution in [-0.2, 0) is 4.79 Å². The maximum atomic E-state index is 12.0. The number of amides is 1. The van der Waals surface area contributed by atoms with Crippen molar-refractivity contribution in [2.24, 2.45) is 11.3 Å². The molecule has 0 aromatic heterocycles. The zero-order valence-electron chi connectivity index (χ0n) is 11.3. The molecule has 1 fully saturated rings. The highest BCUT2D eigenvalue weighted by Crippen LogP contribution is 2.21. The standard InChI is InChI=1S/C13H26N2O2/c1-10-11(5-7-14-10)12(17)15-9-13(2,3)6-4-8-16/h10-11,14,16H,4-9H2,1-3H3,(H,15,17). The summed E-state index contributed by atoms with van der Waals surface area (Å²) in [6.45, 7) is 8.16. The van der Waals surface area contributed by atoms with Gasteiger partial charge < -0.3 is 15.7 Å². The van der Waals surface area contributed by atoms with Crippen molar-refractivity contribution in [1.82, 2.24) is 10.6 Å². The van der Waals surface area contributed by atoms with Crippen molar-refractivity contribution in [2.45, 2.75) is 46.1 Å². The molecule has 1 heterocycles. The smallest absolute Gasteiger partial charge is 0.224 e. The van der Waals surface area contributed by atoms with Gasteiger partial charge in [-0.3, -0.25) is 4.79 Å². The summed E-state index contributed by atoms with van der Waals surface area (Å²) in [7, 11) is 0. The molecule has 1 rings (SSSR count). The molecule has 17 heavy (non-hydrogen) atoms. The Hall–Kier alpha value is -0.610. The number of nitrogens with one attached hydrogen (secondary N) is 2. The molecule has 4 nitrogen and oxygen atoms in total. The highest BCUT2D eigenvalue weighted by molar-refractivity contribution is 5.79. The summed E-state index contributed by atoms with van der Waals surface area (Å²) in [6.07, 6.45) is 2.66. The summed E-state index contributed by atoms with van der Waals surface area (Å²) in [4.78, 5) is 12.0. The molecule has 0 spiro atoms.